The van der Waals surface area contributed by atoms with Crippen molar-refractivity contribution in [3.63, 3.8) is 0 Å². The van der Waals surface area contributed by atoms with Crippen LogP contribution in [0.4, 0.5) is 17.8 Å². The van der Waals surface area contributed by atoms with Gasteiger partial charge in [0.25, 0.3) is 0 Å². The second kappa shape index (κ2) is 6.88. The van der Waals surface area contributed by atoms with Gasteiger partial charge in [0.15, 0.2) is 0 Å². The Morgan fingerprint density at radius 1 is 1.19 bits per heavy atom. The van der Waals surface area contributed by atoms with E-state index in [-0.39, 0.29) is 11.7 Å². The Morgan fingerprint density at radius 3 is 2.57 bits per heavy atom. The van der Waals surface area contributed by atoms with Crippen LogP contribution in [0.1, 0.15) is 25.7 Å². The zero-order chi connectivity index (χ0) is 15.3. The first-order valence-corrected chi connectivity index (χ1v) is 9.18. The summed E-state index contributed by atoms with van der Waals surface area (Å²) in [5.74, 6) is 1.31. The molecule has 2 heterocycles. The molecule has 1 aliphatic heterocycles. The first-order chi connectivity index (χ1) is 9.94. The van der Waals surface area contributed by atoms with Crippen molar-refractivity contribution in [2.45, 2.75) is 25.7 Å². The number of nitrogens with one attached hydrogen (secondary N) is 1. The number of anilines is 3. The maximum Gasteiger partial charge on any atom is 0.231 e. The summed E-state index contributed by atoms with van der Waals surface area (Å²) >= 11 is 0. The van der Waals surface area contributed by atoms with Crippen LogP contribution in [0.2, 0.25) is 0 Å². The van der Waals surface area contributed by atoms with E-state index < -0.39 is 9.84 Å². The van der Waals surface area contributed by atoms with Crippen LogP contribution in [0.15, 0.2) is 0 Å². The van der Waals surface area contributed by atoms with Gasteiger partial charge in [0.05, 0.1) is 5.75 Å². The molecule has 1 aromatic heterocycles. The molecule has 0 unspecified atom stereocenters. The highest BCUT2D eigenvalue weighted by molar-refractivity contribution is 7.90. The minimum atomic E-state index is -2.94. The molecule has 21 heavy (non-hydrogen) atoms. The third-order valence-corrected chi connectivity index (χ3v) is 4.29. The number of hydrogen-bond donors (Lipinski definition) is 2. The van der Waals surface area contributed by atoms with E-state index >= 15 is 0 Å². The summed E-state index contributed by atoms with van der Waals surface area (Å²) in [6, 6.07) is 0. The van der Waals surface area contributed by atoms with Gasteiger partial charge in [0.2, 0.25) is 17.8 Å². The monoisotopic (exact) mass is 314 g/mol. The SMILES string of the molecule is CS(=O)(=O)CCCNc1nc(N)nc(N2CCCCC2)n1. The van der Waals surface area contributed by atoms with Gasteiger partial charge in [0.1, 0.15) is 9.84 Å². The fourth-order valence-electron chi connectivity index (χ4n) is 2.23. The number of hydrogen-bond acceptors (Lipinski definition) is 8. The molecule has 0 atom stereocenters. The van der Waals surface area contributed by atoms with Gasteiger partial charge in [-0.05, 0) is 25.7 Å². The van der Waals surface area contributed by atoms with Gasteiger partial charge in [-0.25, -0.2) is 8.42 Å². The molecular formula is C12H22N6O2S. The second-order valence-electron chi connectivity index (χ2n) is 5.28. The van der Waals surface area contributed by atoms with Crippen LogP contribution in [0.25, 0.3) is 0 Å². The average molecular weight is 314 g/mol. The zero-order valence-corrected chi connectivity index (χ0v) is 13.1. The molecule has 0 radical (unpaired) electrons. The fraction of sp³-hybridized carbons (Fsp3) is 0.750. The summed E-state index contributed by atoms with van der Waals surface area (Å²) in [5, 5.41) is 3.00. The largest absolute Gasteiger partial charge is 0.368 e. The van der Waals surface area contributed by atoms with Crippen LogP contribution in [0, 0.1) is 0 Å². The highest BCUT2D eigenvalue weighted by atomic mass is 32.2. The van der Waals surface area contributed by atoms with Gasteiger partial charge >= 0.3 is 0 Å². The van der Waals surface area contributed by atoms with Crippen molar-refractivity contribution in [2.75, 3.05) is 47.6 Å². The molecule has 0 aromatic carbocycles. The van der Waals surface area contributed by atoms with Crippen molar-refractivity contribution in [3.8, 4) is 0 Å². The molecule has 9 heteroatoms. The fourth-order valence-corrected chi connectivity index (χ4v) is 2.90. The van der Waals surface area contributed by atoms with E-state index in [0.29, 0.717) is 24.9 Å². The molecule has 1 aromatic rings. The topological polar surface area (TPSA) is 114 Å². The summed E-state index contributed by atoms with van der Waals surface area (Å²) in [7, 11) is -2.94. The Kier molecular flexibility index (Phi) is 5.16. The lowest BCUT2D eigenvalue weighted by atomic mass is 10.1. The number of nitrogens with zero attached hydrogens (tertiary/aromatic N) is 4. The third-order valence-electron chi connectivity index (χ3n) is 3.25. The van der Waals surface area contributed by atoms with E-state index in [2.05, 4.69) is 25.2 Å². The Labute approximate surface area is 125 Å². The normalized spacial score (nSPS) is 16.0. The molecule has 0 saturated carbocycles. The van der Waals surface area contributed by atoms with Crippen LogP contribution in [0.3, 0.4) is 0 Å². The molecule has 1 fully saturated rings. The second-order valence-corrected chi connectivity index (χ2v) is 7.53. The van der Waals surface area contributed by atoms with Crippen LogP contribution in [-0.4, -0.2) is 55.0 Å². The summed E-state index contributed by atoms with van der Waals surface area (Å²) in [4.78, 5) is 14.7. The van der Waals surface area contributed by atoms with Gasteiger partial charge in [0, 0.05) is 25.9 Å². The molecule has 2 rings (SSSR count). The third kappa shape index (κ3) is 5.33. The molecule has 1 aliphatic rings. The highest BCUT2D eigenvalue weighted by Gasteiger charge is 2.15. The quantitative estimate of drug-likeness (QED) is 0.720. The summed E-state index contributed by atoms with van der Waals surface area (Å²) in [6.07, 6.45) is 5.21. The molecular weight excluding hydrogens is 292 g/mol. The summed E-state index contributed by atoms with van der Waals surface area (Å²) in [5.41, 5.74) is 5.71. The maximum atomic E-state index is 11.1. The van der Waals surface area contributed by atoms with Gasteiger partial charge in [-0.2, -0.15) is 15.0 Å². The number of nitrogen functional groups attached to an aromatic ring is 1. The lowest BCUT2D eigenvalue weighted by Crippen LogP contribution is -2.31. The Bertz CT molecular complexity index is 571. The summed E-state index contributed by atoms with van der Waals surface area (Å²) in [6.45, 7) is 2.34. The van der Waals surface area contributed by atoms with Crippen molar-refractivity contribution in [2.24, 2.45) is 0 Å². The van der Waals surface area contributed by atoms with Crippen molar-refractivity contribution in [3.05, 3.63) is 0 Å². The molecule has 0 aliphatic carbocycles. The Balaban J connectivity index is 1.95. The van der Waals surface area contributed by atoms with E-state index in [0.717, 1.165) is 25.9 Å². The Hall–Kier alpha value is -1.64. The standard InChI is InChI=1S/C12H22N6O2S/c1-21(19,20)9-5-6-14-11-15-10(13)16-12(17-11)18-7-3-2-4-8-18/h2-9H2,1H3,(H3,13,14,15,16,17). The van der Waals surface area contributed by atoms with Crippen molar-refractivity contribution < 1.29 is 8.42 Å². The van der Waals surface area contributed by atoms with E-state index in [1.54, 1.807) is 0 Å². The van der Waals surface area contributed by atoms with Crippen LogP contribution >= 0.6 is 0 Å². The molecule has 118 valence electrons. The van der Waals surface area contributed by atoms with Crippen LogP contribution in [-0.2, 0) is 9.84 Å². The first kappa shape index (κ1) is 15.7. The smallest absolute Gasteiger partial charge is 0.231 e. The zero-order valence-electron chi connectivity index (χ0n) is 12.2. The van der Waals surface area contributed by atoms with Crippen LogP contribution in [0.5, 0.6) is 0 Å². The van der Waals surface area contributed by atoms with Crippen molar-refractivity contribution in [1.82, 2.24) is 15.0 Å². The van der Waals surface area contributed by atoms with Crippen LogP contribution < -0.4 is 16.0 Å². The average Bonchev–Trinajstić information content (AvgIpc) is 2.43. The van der Waals surface area contributed by atoms with Crippen molar-refractivity contribution in [1.29, 1.82) is 0 Å². The molecule has 8 nitrogen and oxygen atoms in total. The van der Waals surface area contributed by atoms with E-state index in [9.17, 15) is 8.42 Å². The first-order valence-electron chi connectivity index (χ1n) is 7.12. The molecule has 1 saturated heterocycles. The molecule has 3 N–H and O–H groups in total. The number of aromatic nitrogens is 3. The molecule has 0 amide bonds. The number of nitrogens with two attached hydrogens (primary N) is 1. The summed E-state index contributed by atoms with van der Waals surface area (Å²) < 4.78 is 22.1. The minimum Gasteiger partial charge on any atom is -0.368 e. The lowest BCUT2D eigenvalue weighted by Gasteiger charge is -2.26. The molecule has 0 spiro atoms. The predicted octanol–water partition coefficient (Wildman–Crippen LogP) is 0.291. The van der Waals surface area contributed by atoms with Gasteiger partial charge in [-0.15, -0.1) is 0 Å². The minimum absolute atomic E-state index is 0.138. The number of piperidine rings is 1. The van der Waals surface area contributed by atoms with Gasteiger partial charge in [-0.1, -0.05) is 0 Å². The van der Waals surface area contributed by atoms with Gasteiger partial charge in [-0.3, -0.25) is 0 Å². The molecule has 0 bridgehead atoms. The van der Waals surface area contributed by atoms with Gasteiger partial charge < -0.3 is 16.0 Å². The van der Waals surface area contributed by atoms with E-state index in [1.807, 2.05) is 0 Å². The van der Waals surface area contributed by atoms with E-state index in [4.69, 9.17) is 5.73 Å². The van der Waals surface area contributed by atoms with Crippen molar-refractivity contribution >= 4 is 27.7 Å². The Morgan fingerprint density at radius 2 is 1.90 bits per heavy atom. The maximum absolute atomic E-state index is 11.1. The highest BCUT2D eigenvalue weighted by Crippen LogP contribution is 2.17. The predicted molar refractivity (Wildman–Crippen MR) is 83.1 cm³/mol. The lowest BCUT2D eigenvalue weighted by molar-refractivity contribution is 0.568. The number of rotatable bonds is 6. The van der Waals surface area contributed by atoms with E-state index in [1.165, 1.54) is 12.7 Å². The number of sulfone groups is 1.